The number of amides is 1. The molecule has 0 saturated carbocycles. The van der Waals surface area contributed by atoms with Crippen LogP contribution in [0.2, 0.25) is 10.0 Å². The molecule has 0 N–H and O–H groups in total. The van der Waals surface area contributed by atoms with E-state index in [4.69, 9.17) is 23.2 Å². The van der Waals surface area contributed by atoms with Gasteiger partial charge in [-0.05, 0) is 35.4 Å². The minimum atomic E-state index is 0.0116. The van der Waals surface area contributed by atoms with Crippen LogP contribution in [0.25, 0.3) is 0 Å². The fraction of sp³-hybridized carbons (Fsp3) is 0.240. The van der Waals surface area contributed by atoms with Crippen molar-refractivity contribution in [2.24, 2.45) is 0 Å². The third-order valence-corrected chi connectivity index (χ3v) is 6.25. The van der Waals surface area contributed by atoms with Gasteiger partial charge in [-0.1, -0.05) is 77.8 Å². The van der Waals surface area contributed by atoms with E-state index in [9.17, 15) is 4.79 Å². The summed E-state index contributed by atoms with van der Waals surface area (Å²) >= 11 is 12.4. The molecule has 30 heavy (non-hydrogen) atoms. The van der Waals surface area contributed by atoms with Crippen molar-refractivity contribution in [3.05, 3.63) is 100 Å². The molecule has 3 aromatic carbocycles. The lowest BCUT2D eigenvalue weighted by atomic mass is 9.88. The Bertz CT molecular complexity index is 984. The van der Waals surface area contributed by atoms with E-state index < -0.39 is 0 Å². The van der Waals surface area contributed by atoms with Gasteiger partial charge in [0.25, 0.3) is 0 Å². The smallest absolute Gasteiger partial charge is 0.223 e. The molecule has 4 rings (SSSR count). The first kappa shape index (κ1) is 20.8. The van der Waals surface area contributed by atoms with E-state index in [1.54, 1.807) is 0 Å². The first-order valence-electron chi connectivity index (χ1n) is 10.2. The van der Waals surface area contributed by atoms with Crippen molar-refractivity contribution in [3.8, 4) is 0 Å². The van der Waals surface area contributed by atoms with Crippen molar-refractivity contribution >= 4 is 34.8 Å². The summed E-state index contributed by atoms with van der Waals surface area (Å²) < 4.78 is 0. The lowest BCUT2D eigenvalue weighted by Crippen LogP contribution is -2.49. The summed E-state index contributed by atoms with van der Waals surface area (Å²) in [4.78, 5) is 17.4. The molecule has 1 fully saturated rings. The second-order valence-corrected chi connectivity index (χ2v) is 8.38. The molecule has 0 bridgehead atoms. The zero-order valence-electron chi connectivity index (χ0n) is 16.7. The molecule has 0 spiro atoms. The molecule has 5 heteroatoms. The van der Waals surface area contributed by atoms with E-state index in [-0.39, 0.29) is 11.8 Å². The molecule has 0 radical (unpaired) electrons. The minimum Gasteiger partial charge on any atom is -0.367 e. The third-order valence-electron chi connectivity index (χ3n) is 5.68. The largest absolute Gasteiger partial charge is 0.367 e. The number of carbonyl (C=O) groups is 1. The van der Waals surface area contributed by atoms with Crippen LogP contribution >= 0.6 is 23.2 Å². The number of anilines is 1. The highest BCUT2D eigenvalue weighted by Gasteiger charge is 2.26. The Labute approximate surface area is 187 Å². The standard InChI is InChI=1S/C25H24Cl2N2O/c26-21-12-10-20(11-13-21)22(19-6-2-1-3-7-19)18-25(30)29-16-14-28(15-17-29)24-9-5-4-8-23(24)27/h1-13,22H,14-18H2. The number of halogens is 2. The Morgan fingerprint density at radius 2 is 1.37 bits per heavy atom. The molecule has 3 aromatic rings. The summed E-state index contributed by atoms with van der Waals surface area (Å²) in [7, 11) is 0. The molecule has 154 valence electrons. The normalized spacial score (nSPS) is 15.1. The van der Waals surface area contributed by atoms with Crippen LogP contribution in [0.4, 0.5) is 5.69 Å². The summed E-state index contributed by atoms with van der Waals surface area (Å²) in [6.45, 7) is 2.97. The summed E-state index contributed by atoms with van der Waals surface area (Å²) in [6, 6.07) is 25.9. The third kappa shape index (κ3) is 4.80. The van der Waals surface area contributed by atoms with Gasteiger partial charge in [-0.15, -0.1) is 0 Å². The topological polar surface area (TPSA) is 23.6 Å². The lowest BCUT2D eigenvalue weighted by Gasteiger charge is -2.37. The maximum atomic E-state index is 13.2. The van der Waals surface area contributed by atoms with Crippen molar-refractivity contribution in [3.63, 3.8) is 0 Å². The fourth-order valence-corrected chi connectivity index (χ4v) is 4.40. The summed E-state index contributed by atoms with van der Waals surface area (Å²) in [5.74, 6) is 0.190. The van der Waals surface area contributed by atoms with E-state index in [2.05, 4.69) is 17.0 Å². The number of para-hydroxylation sites is 1. The van der Waals surface area contributed by atoms with Crippen molar-refractivity contribution < 1.29 is 4.79 Å². The summed E-state index contributed by atoms with van der Waals surface area (Å²) in [5, 5.41) is 1.46. The second-order valence-electron chi connectivity index (χ2n) is 7.54. The van der Waals surface area contributed by atoms with Gasteiger partial charge in [0.15, 0.2) is 0 Å². The molecule has 1 atom stereocenters. The van der Waals surface area contributed by atoms with Crippen LogP contribution < -0.4 is 4.90 Å². The van der Waals surface area contributed by atoms with Gasteiger partial charge < -0.3 is 9.80 Å². The predicted octanol–water partition coefficient (Wildman–Crippen LogP) is 5.86. The Morgan fingerprint density at radius 3 is 2.03 bits per heavy atom. The van der Waals surface area contributed by atoms with Gasteiger partial charge in [-0.25, -0.2) is 0 Å². The van der Waals surface area contributed by atoms with E-state index in [1.807, 2.05) is 71.6 Å². The number of benzene rings is 3. The number of hydrogen-bond donors (Lipinski definition) is 0. The van der Waals surface area contributed by atoms with Gasteiger partial charge in [-0.3, -0.25) is 4.79 Å². The Morgan fingerprint density at radius 1 is 0.767 bits per heavy atom. The molecule has 1 unspecified atom stereocenters. The molecule has 1 heterocycles. The highest BCUT2D eigenvalue weighted by Crippen LogP contribution is 2.30. The molecular formula is C25H24Cl2N2O. The van der Waals surface area contributed by atoms with Gasteiger partial charge in [0.05, 0.1) is 10.7 Å². The molecule has 0 aliphatic carbocycles. The first-order chi connectivity index (χ1) is 14.6. The number of piperazine rings is 1. The van der Waals surface area contributed by atoms with Crippen LogP contribution in [-0.4, -0.2) is 37.0 Å². The van der Waals surface area contributed by atoms with Gasteiger partial charge in [-0.2, -0.15) is 0 Å². The minimum absolute atomic E-state index is 0.0116. The van der Waals surface area contributed by atoms with Crippen LogP contribution in [0.3, 0.4) is 0 Å². The van der Waals surface area contributed by atoms with Crippen LogP contribution in [0.5, 0.6) is 0 Å². The van der Waals surface area contributed by atoms with E-state index in [0.29, 0.717) is 24.5 Å². The molecule has 0 aromatic heterocycles. The number of hydrogen-bond acceptors (Lipinski definition) is 2. The van der Waals surface area contributed by atoms with Crippen molar-refractivity contribution in [1.29, 1.82) is 0 Å². The highest BCUT2D eigenvalue weighted by molar-refractivity contribution is 6.33. The average Bonchev–Trinajstić information content (AvgIpc) is 2.79. The lowest BCUT2D eigenvalue weighted by molar-refractivity contribution is -0.131. The van der Waals surface area contributed by atoms with Crippen LogP contribution in [0.15, 0.2) is 78.9 Å². The van der Waals surface area contributed by atoms with Crippen LogP contribution in [0.1, 0.15) is 23.5 Å². The second kappa shape index (κ2) is 9.55. The highest BCUT2D eigenvalue weighted by atomic mass is 35.5. The van der Waals surface area contributed by atoms with Crippen LogP contribution in [-0.2, 0) is 4.79 Å². The van der Waals surface area contributed by atoms with E-state index in [1.165, 1.54) is 0 Å². The quantitative estimate of drug-likeness (QED) is 0.497. The number of rotatable bonds is 5. The predicted molar refractivity (Wildman–Crippen MR) is 125 cm³/mol. The average molecular weight is 439 g/mol. The molecule has 1 amide bonds. The molecule has 1 saturated heterocycles. The van der Waals surface area contributed by atoms with Gasteiger partial charge in [0, 0.05) is 43.5 Å². The fourth-order valence-electron chi connectivity index (χ4n) is 4.02. The Kier molecular flexibility index (Phi) is 6.61. The summed E-state index contributed by atoms with van der Waals surface area (Å²) in [5.41, 5.74) is 3.28. The van der Waals surface area contributed by atoms with Crippen molar-refractivity contribution in [2.75, 3.05) is 31.1 Å². The van der Waals surface area contributed by atoms with Gasteiger partial charge in [0.1, 0.15) is 0 Å². The SMILES string of the molecule is O=C(CC(c1ccccc1)c1ccc(Cl)cc1)N1CCN(c2ccccc2Cl)CC1. The van der Waals surface area contributed by atoms with Crippen LogP contribution in [0, 0.1) is 0 Å². The molecular weight excluding hydrogens is 415 g/mol. The summed E-state index contributed by atoms with van der Waals surface area (Å²) in [6.07, 6.45) is 0.442. The van der Waals surface area contributed by atoms with Crippen molar-refractivity contribution in [2.45, 2.75) is 12.3 Å². The molecule has 3 nitrogen and oxygen atoms in total. The monoisotopic (exact) mass is 438 g/mol. The molecule has 1 aliphatic heterocycles. The Hall–Kier alpha value is -2.49. The first-order valence-corrected chi connectivity index (χ1v) is 10.9. The molecule has 1 aliphatic rings. The number of carbonyl (C=O) groups excluding carboxylic acids is 1. The zero-order chi connectivity index (χ0) is 20.9. The van der Waals surface area contributed by atoms with E-state index >= 15 is 0 Å². The van der Waals surface area contributed by atoms with Crippen molar-refractivity contribution in [1.82, 2.24) is 4.90 Å². The maximum absolute atomic E-state index is 13.2. The van der Waals surface area contributed by atoms with E-state index in [0.717, 1.165) is 34.9 Å². The van der Waals surface area contributed by atoms with Gasteiger partial charge in [0.2, 0.25) is 5.91 Å². The maximum Gasteiger partial charge on any atom is 0.223 e. The number of nitrogens with zero attached hydrogens (tertiary/aromatic N) is 2. The zero-order valence-corrected chi connectivity index (χ0v) is 18.2. The Balaban J connectivity index is 1.46. The van der Waals surface area contributed by atoms with Gasteiger partial charge >= 0.3 is 0 Å².